The second-order valence-corrected chi connectivity index (χ2v) is 7.48. The zero-order valence-corrected chi connectivity index (χ0v) is 16.6. The Morgan fingerprint density at radius 1 is 1.31 bits per heavy atom. The lowest BCUT2D eigenvalue weighted by Crippen LogP contribution is -2.29. The fraction of sp³-hybridized carbons (Fsp3) is 0.286. The lowest BCUT2D eigenvalue weighted by molar-refractivity contribution is 0.0791. The van der Waals surface area contributed by atoms with E-state index in [-0.39, 0.29) is 17.6 Å². The summed E-state index contributed by atoms with van der Waals surface area (Å²) in [7, 11) is 0. The molecule has 0 aliphatic carbocycles. The number of H-pyrrole nitrogens is 1. The van der Waals surface area contributed by atoms with Crippen LogP contribution in [0.25, 0.3) is 0 Å². The summed E-state index contributed by atoms with van der Waals surface area (Å²) in [6.07, 6.45) is 3.18. The number of carbonyl (C=O) groups excluding carboxylic acids is 1. The van der Waals surface area contributed by atoms with Gasteiger partial charge in [-0.15, -0.1) is 0 Å². The van der Waals surface area contributed by atoms with E-state index in [0.29, 0.717) is 30.3 Å². The van der Waals surface area contributed by atoms with Crippen molar-refractivity contribution in [2.24, 2.45) is 0 Å². The molecule has 1 fully saturated rings. The lowest BCUT2D eigenvalue weighted by atomic mass is 10.0. The SMILES string of the molecule is Nc1ncccc1C(=O)N1CC[C@@H](c2cc(CCOc3ccc(Cl)cc3)[nH]n2)C1. The molecule has 1 aromatic carbocycles. The van der Waals surface area contributed by atoms with Crippen molar-refractivity contribution in [3.05, 3.63) is 70.6 Å². The molecular weight excluding hydrogens is 390 g/mol. The smallest absolute Gasteiger partial charge is 0.257 e. The molecule has 7 nitrogen and oxygen atoms in total. The number of aromatic nitrogens is 3. The van der Waals surface area contributed by atoms with E-state index < -0.39 is 0 Å². The topological polar surface area (TPSA) is 97.1 Å². The van der Waals surface area contributed by atoms with Crippen molar-refractivity contribution in [2.75, 3.05) is 25.4 Å². The van der Waals surface area contributed by atoms with Crippen molar-refractivity contribution in [2.45, 2.75) is 18.8 Å². The normalized spacial score (nSPS) is 16.2. The summed E-state index contributed by atoms with van der Waals surface area (Å²) in [6.45, 7) is 1.84. The largest absolute Gasteiger partial charge is 0.493 e. The summed E-state index contributed by atoms with van der Waals surface area (Å²) < 4.78 is 5.73. The number of nitrogen functional groups attached to an aromatic ring is 1. The third-order valence-electron chi connectivity index (χ3n) is 5.07. The van der Waals surface area contributed by atoms with Crippen LogP contribution in [0.3, 0.4) is 0 Å². The van der Waals surface area contributed by atoms with Crippen LogP contribution in [0, 0.1) is 0 Å². The van der Waals surface area contributed by atoms with Gasteiger partial charge in [-0.1, -0.05) is 11.6 Å². The molecule has 1 atom stereocenters. The Kier molecular flexibility index (Phi) is 5.67. The van der Waals surface area contributed by atoms with Crippen LogP contribution in [-0.4, -0.2) is 45.7 Å². The van der Waals surface area contributed by atoms with Crippen LogP contribution in [0.2, 0.25) is 5.02 Å². The van der Waals surface area contributed by atoms with Gasteiger partial charge in [-0.2, -0.15) is 5.10 Å². The molecule has 3 aromatic rings. The number of aromatic amines is 1. The minimum Gasteiger partial charge on any atom is -0.493 e. The Bertz CT molecular complexity index is 989. The van der Waals surface area contributed by atoms with Crippen LogP contribution < -0.4 is 10.5 Å². The van der Waals surface area contributed by atoms with Gasteiger partial charge in [0.2, 0.25) is 0 Å². The summed E-state index contributed by atoms with van der Waals surface area (Å²) in [5, 5.41) is 8.21. The van der Waals surface area contributed by atoms with Crippen molar-refractivity contribution in [3.8, 4) is 5.75 Å². The molecule has 0 saturated carbocycles. The molecule has 8 heteroatoms. The Morgan fingerprint density at radius 3 is 2.93 bits per heavy atom. The second kappa shape index (κ2) is 8.53. The molecule has 2 aromatic heterocycles. The number of rotatable bonds is 6. The number of pyridine rings is 1. The van der Waals surface area contributed by atoms with Crippen molar-refractivity contribution in [3.63, 3.8) is 0 Å². The highest BCUT2D eigenvalue weighted by Crippen LogP contribution is 2.28. The predicted molar refractivity (Wildman–Crippen MR) is 111 cm³/mol. The maximum atomic E-state index is 12.7. The molecule has 0 bridgehead atoms. The van der Waals surface area contributed by atoms with Gasteiger partial charge < -0.3 is 15.4 Å². The van der Waals surface area contributed by atoms with Crippen LogP contribution in [0.5, 0.6) is 5.75 Å². The Hall–Kier alpha value is -3.06. The third kappa shape index (κ3) is 4.51. The van der Waals surface area contributed by atoms with Crippen LogP contribution >= 0.6 is 11.6 Å². The number of halogens is 1. The van der Waals surface area contributed by atoms with Gasteiger partial charge in [-0.05, 0) is 48.9 Å². The fourth-order valence-corrected chi connectivity index (χ4v) is 3.61. The number of hydrogen-bond acceptors (Lipinski definition) is 5. The van der Waals surface area contributed by atoms with Crippen LogP contribution in [0.15, 0.2) is 48.7 Å². The average molecular weight is 412 g/mol. The van der Waals surface area contributed by atoms with Gasteiger partial charge >= 0.3 is 0 Å². The molecule has 1 amide bonds. The molecule has 3 N–H and O–H groups in total. The maximum Gasteiger partial charge on any atom is 0.257 e. The van der Waals surface area contributed by atoms with E-state index in [1.807, 2.05) is 17.0 Å². The summed E-state index contributed by atoms with van der Waals surface area (Å²) in [5.74, 6) is 1.18. The molecule has 1 saturated heterocycles. The van der Waals surface area contributed by atoms with E-state index >= 15 is 0 Å². The molecule has 0 radical (unpaired) electrons. The van der Waals surface area contributed by atoms with Crippen LogP contribution in [-0.2, 0) is 6.42 Å². The van der Waals surface area contributed by atoms with Crippen LogP contribution in [0.4, 0.5) is 5.82 Å². The second-order valence-electron chi connectivity index (χ2n) is 7.04. The van der Waals surface area contributed by atoms with Crippen molar-refractivity contribution < 1.29 is 9.53 Å². The molecule has 1 aliphatic rings. The quantitative estimate of drug-likeness (QED) is 0.648. The maximum absolute atomic E-state index is 12.7. The predicted octanol–water partition coefficient (Wildman–Crippen LogP) is 3.29. The Morgan fingerprint density at radius 2 is 2.14 bits per heavy atom. The first-order valence-electron chi connectivity index (χ1n) is 9.52. The summed E-state index contributed by atoms with van der Waals surface area (Å²) in [6, 6.07) is 12.8. The first kappa shape index (κ1) is 19.3. The standard InChI is InChI=1S/C21H22ClN5O2/c22-15-3-5-17(6-4-15)29-11-8-16-12-19(26-25-16)14-7-10-27(13-14)21(28)18-2-1-9-24-20(18)23/h1-6,9,12,14H,7-8,10-11,13H2,(H2,23,24)(H,25,26)/t14-/m1/s1. The lowest BCUT2D eigenvalue weighted by Gasteiger charge is -2.16. The van der Waals surface area contributed by atoms with E-state index in [1.165, 1.54) is 0 Å². The van der Waals surface area contributed by atoms with E-state index in [4.69, 9.17) is 22.1 Å². The highest BCUT2D eigenvalue weighted by atomic mass is 35.5. The first-order valence-corrected chi connectivity index (χ1v) is 9.90. The highest BCUT2D eigenvalue weighted by Gasteiger charge is 2.30. The highest BCUT2D eigenvalue weighted by molar-refractivity contribution is 6.30. The molecule has 4 rings (SSSR count). The zero-order valence-electron chi connectivity index (χ0n) is 15.8. The number of ether oxygens (including phenoxy) is 1. The monoisotopic (exact) mass is 411 g/mol. The van der Waals surface area contributed by atoms with E-state index in [0.717, 1.165) is 30.0 Å². The van der Waals surface area contributed by atoms with Crippen molar-refractivity contribution in [1.82, 2.24) is 20.1 Å². The van der Waals surface area contributed by atoms with Gasteiger partial charge in [0.05, 0.1) is 17.9 Å². The van der Waals surface area contributed by atoms with E-state index in [2.05, 4.69) is 21.2 Å². The Labute approximate surface area is 173 Å². The minimum atomic E-state index is -0.0785. The number of nitrogens with zero attached hydrogens (tertiary/aromatic N) is 3. The minimum absolute atomic E-state index is 0.0785. The molecule has 1 aliphatic heterocycles. The number of hydrogen-bond donors (Lipinski definition) is 2. The molecule has 0 spiro atoms. The van der Waals surface area contributed by atoms with Gasteiger partial charge in [0.25, 0.3) is 5.91 Å². The summed E-state index contributed by atoms with van der Waals surface area (Å²) in [4.78, 5) is 18.5. The first-order chi connectivity index (χ1) is 14.1. The number of carbonyl (C=O) groups is 1. The van der Waals surface area contributed by atoms with Crippen LogP contribution in [0.1, 0.15) is 34.1 Å². The number of nitrogens with two attached hydrogens (primary N) is 1. The van der Waals surface area contributed by atoms with Gasteiger partial charge in [0, 0.05) is 42.3 Å². The number of anilines is 1. The Balaban J connectivity index is 1.31. The van der Waals surface area contributed by atoms with Gasteiger partial charge in [-0.3, -0.25) is 9.89 Å². The van der Waals surface area contributed by atoms with E-state index in [9.17, 15) is 4.79 Å². The number of benzene rings is 1. The third-order valence-corrected chi connectivity index (χ3v) is 5.32. The van der Waals surface area contributed by atoms with Crippen molar-refractivity contribution >= 4 is 23.3 Å². The number of likely N-dealkylation sites (tertiary alicyclic amines) is 1. The molecule has 3 heterocycles. The molecule has 0 unspecified atom stereocenters. The van der Waals surface area contributed by atoms with E-state index in [1.54, 1.807) is 30.5 Å². The average Bonchev–Trinajstić information content (AvgIpc) is 3.39. The van der Waals surface area contributed by atoms with Gasteiger partial charge in [-0.25, -0.2) is 4.98 Å². The molecular formula is C21H22ClN5O2. The summed E-state index contributed by atoms with van der Waals surface area (Å²) in [5.41, 5.74) is 8.28. The molecule has 29 heavy (non-hydrogen) atoms. The zero-order chi connectivity index (χ0) is 20.2. The number of nitrogens with one attached hydrogen (secondary N) is 1. The fourth-order valence-electron chi connectivity index (χ4n) is 3.48. The molecule has 150 valence electrons. The summed E-state index contributed by atoms with van der Waals surface area (Å²) >= 11 is 5.88. The number of amides is 1. The van der Waals surface area contributed by atoms with Gasteiger partial charge in [0.15, 0.2) is 0 Å². The van der Waals surface area contributed by atoms with Crippen molar-refractivity contribution in [1.29, 1.82) is 0 Å². The van der Waals surface area contributed by atoms with Gasteiger partial charge in [0.1, 0.15) is 11.6 Å².